The monoisotopic (exact) mass is 313 g/mol. The fourth-order valence-corrected chi connectivity index (χ4v) is 2.79. The highest BCUT2D eigenvalue weighted by molar-refractivity contribution is 6.32. The zero-order valence-electron chi connectivity index (χ0n) is 12.2. The van der Waals surface area contributed by atoms with Crippen LogP contribution in [0.25, 0.3) is 10.8 Å². The fraction of sp³-hybridized carbons (Fsp3) is 0.176. The lowest BCUT2D eigenvalue weighted by molar-refractivity contribution is 0.911. The van der Waals surface area contributed by atoms with Gasteiger partial charge in [0, 0.05) is 24.6 Å². The van der Waals surface area contributed by atoms with E-state index in [2.05, 4.69) is 21.6 Å². The summed E-state index contributed by atoms with van der Waals surface area (Å²) in [4.78, 5) is 11.8. The molecule has 0 unspecified atom stereocenters. The van der Waals surface area contributed by atoms with Gasteiger partial charge in [0.05, 0.1) is 16.1 Å². The zero-order valence-corrected chi connectivity index (χ0v) is 12.9. The fourth-order valence-electron chi connectivity index (χ4n) is 2.55. The van der Waals surface area contributed by atoms with Crippen molar-refractivity contribution in [3.63, 3.8) is 0 Å². The second kappa shape index (κ2) is 6.20. The minimum atomic E-state index is -0.158. The Bertz CT molecular complexity index is 862. The molecule has 0 saturated carbocycles. The number of nitrogens with one attached hydrogen (secondary N) is 2. The average Bonchev–Trinajstić information content (AvgIpc) is 2.72. The van der Waals surface area contributed by atoms with E-state index in [0.29, 0.717) is 16.8 Å². The number of halogens is 1. The lowest BCUT2D eigenvalue weighted by Gasteiger charge is -2.07. The SMILES string of the molecule is CNC1=CCC(Cc2n[nH]c(=O)c3ccccc23)=CC=C1Cl. The number of allylic oxidation sites excluding steroid dienone is 5. The van der Waals surface area contributed by atoms with Crippen molar-refractivity contribution in [3.8, 4) is 0 Å². The Morgan fingerprint density at radius 1 is 1.27 bits per heavy atom. The third-order valence-corrected chi connectivity index (χ3v) is 4.06. The van der Waals surface area contributed by atoms with Crippen LogP contribution >= 0.6 is 11.6 Å². The van der Waals surface area contributed by atoms with E-state index in [9.17, 15) is 4.79 Å². The third kappa shape index (κ3) is 2.83. The van der Waals surface area contributed by atoms with Gasteiger partial charge in [-0.3, -0.25) is 4.79 Å². The number of fused-ring (bicyclic) bond motifs is 1. The number of benzene rings is 1. The van der Waals surface area contributed by atoms with Crippen molar-refractivity contribution in [1.82, 2.24) is 15.5 Å². The van der Waals surface area contributed by atoms with Crippen molar-refractivity contribution < 1.29 is 0 Å². The van der Waals surface area contributed by atoms with E-state index in [-0.39, 0.29) is 5.56 Å². The lowest BCUT2D eigenvalue weighted by atomic mass is 10.0. The van der Waals surface area contributed by atoms with Crippen LogP contribution in [0, 0.1) is 0 Å². The highest BCUT2D eigenvalue weighted by atomic mass is 35.5. The third-order valence-electron chi connectivity index (χ3n) is 3.73. The van der Waals surface area contributed by atoms with Crippen LogP contribution in [0.3, 0.4) is 0 Å². The highest BCUT2D eigenvalue weighted by Gasteiger charge is 2.10. The summed E-state index contributed by atoms with van der Waals surface area (Å²) in [6, 6.07) is 7.53. The summed E-state index contributed by atoms with van der Waals surface area (Å²) >= 11 is 6.19. The molecule has 0 saturated heterocycles. The molecule has 1 aromatic carbocycles. The lowest BCUT2D eigenvalue weighted by Crippen LogP contribution is -2.11. The van der Waals surface area contributed by atoms with Crippen molar-refractivity contribution >= 4 is 22.4 Å². The molecule has 0 bridgehead atoms. The van der Waals surface area contributed by atoms with Crippen molar-refractivity contribution in [3.05, 3.63) is 74.8 Å². The van der Waals surface area contributed by atoms with Crippen LogP contribution in [0.4, 0.5) is 0 Å². The number of hydrogen-bond donors (Lipinski definition) is 2. The van der Waals surface area contributed by atoms with Crippen LogP contribution in [0.15, 0.2) is 63.6 Å². The molecule has 1 heterocycles. The summed E-state index contributed by atoms with van der Waals surface area (Å²) in [6.07, 6.45) is 7.43. The standard InChI is InChI=1S/C17H16ClN3O/c1-19-15-9-7-11(6-8-14(15)18)10-16-12-4-2-3-5-13(12)17(22)21-20-16/h2-6,8-9,19H,7,10H2,1H3,(H,21,22). The van der Waals surface area contributed by atoms with E-state index in [1.54, 1.807) is 0 Å². The molecule has 22 heavy (non-hydrogen) atoms. The minimum Gasteiger partial charge on any atom is -0.387 e. The predicted molar refractivity (Wildman–Crippen MR) is 89.8 cm³/mol. The van der Waals surface area contributed by atoms with Gasteiger partial charge in [0.1, 0.15) is 0 Å². The minimum absolute atomic E-state index is 0.158. The Hall–Kier alpha value is -2.33. The maximum Gasteiger partial charge on any atom is 0.272 e. The molecule has 3 rings (SSSR count). The molecule has 1 aromatic heterocycles. The van der Waals surface area contributed by atoms with E-state index in [1.807, 2.05) is 43.5 Å². The number of hydrogen-bond acceptors (Lipinski definition) is 3. The van der Waals surface area contributed by atoms with Gasteiger partial charge in [0.15, 0.2) is 0 Å². The molecule has 4 nitrogen and oxygen atoms in total. The first-order valence-electron chi connectivity index (χ1n) is 7.09. The first-order chi connectivity index (χ1) is 10.7. The van der Waals surface area contributed by atoms with Gasteiger partial charge in [-0.25, -0.2) is 5.10 Å². The van der Waals surface area contributed by atoms with Crippen molar-refractivity contribution in [2.75, 3.05) is 7.05 Å². The number of nitrogens with zero attached hydrogens (tertiary/aromatic N) is 1. The van der Waals surface area contributed by atoms with E-state index < -0.39 is 0 Å². The summed E-state index contributed by atoms with van der Waals surface area (Å²) in [5, 5.41) is 12.1. The summed E-state index contributed by atoms with van der Waals surface area (Å²) < 4.78 is 0. The van der Waals surface area contributed by atoms with Crippen molar-refractivity contribution in [1.29, 1.82) is 0 Å². The molecule has 0 spiro atoms. The number of aromatic amines is 1. The van der Waals surface area contributed by atoms with Gasteiger partial charge in [0.2, 0.25) is 0 Å². The highest BCUT2D eigenvalue weighted by Crippen LogP contribution is 2.23. The van der Waals surface area contributed by atoms with Crippen LogP contribution in [0.5, 0.6) is 0 Å². The molecule has 0 atom stereocenters. The van der Waals surface area contributed by atoms with E-state index in [4.69, 9.17) is 11.6 Å². The molecule has 2 aromatic rings. The normalized spacial score (nSPS) is 14.9. The number of likely N-dealkylation sites (N-methyl/N-ethyl adjacent to an activating group) is 1. The zero-order chi connectivity index (χ0) is 15.5. The van der Waals surface area contributed by atoms with Gasteiger partial charge >= 0.3 is 0 Å². The smallest absolute Gasteiger partial charge is 0.272 e. The van der Waals surface area contributed by atoms with Crippen LogP contribution in [-0.4, -0.2) is 17.2 Å². The molecular weight excluding hydrogens is 298 g/mol. The van der Waals surface area contributed by atoms with Crippen molar-refractivity contribution in [2.45, 2.75) is 12.8 Å². The first-order valence-corrected chi connectivity index (χ1v) is 7.46. The quantitative estimate of drug-likeness (QED) is 0.915. The van der Waals surface area contributed by atoms with Crippen LogP contribution in [0.1, 0.15) is 12.1 Å². The first kappa shape index (κ1) is 14.6. The molecule has 0 aliphatic heterocycles. The number of H-pyrrole nitrogens is 1. The van der Waals surface area contributed by atoms with E-state index in [0.717, 1.165) is 23.2 Å². The maximum atomic E-state index is 11.8. The Morgan fingerprint density at radius 2 is 2.05 bits per heavy atom. The van der Waals surface area contributed by atoms with Gasteiger partial charge < -0.3 is 5.32 Å². The van der Waals surface area contributed by atoms with E-state index >= 15 is 0 Å². The van der Waals surface area contributed by atoms with Gasteiger partial charge in [0.25, 0.3) is 5.56 Å². The second-order valence-corrected chi connectivity index (χ2v) is 5.54. The number of rotatable bonds is 3. The number of aromatic nitrogens is 2. The Labute approximate surface area is 133 Å². The summed E-state index contributed by atoms with van der Waals surface area (Å²) in [7, 11) is 1.85. The van der Waals surface area contributed by atoms with Crippen molar-refractivity contribution in [2.24, 2.45) is 0 Å². The molecule has 5 heteroatoms. The molecule has 2 N–H and O–H groups in total. The Kier molecular flexibility index (Phi) is 4.11. The molecular formula is C17H16ClN3O. The van der Waals surface area contributed by atoms with E-state index in [1.165, 1.54) is 5.57 Å². The van der Waals surface area contributed by atoms with Crippen LogP contribution in [-0.2, 0) is 6.42 Å². The average molecular weight is 314 g/mol. The van der Waals surface area contributed by atoms with Crippen LogP contribution < -0.4 is 10.9 Å². The largest absolute Gasteiger partial charge is 0.387 e. The second-order valence-electron chi connectivity index (χ2n) is 5.13. The molecule has 0 fully saturated rings. The van der Waals surface area contributed by atoms with Gasteiger partial charge in [-0.05, 0) is 18.6 Å². The summed E-state index contributed by atoms with van der Waals surface area (Å²) in [6.45, 7) is 0. The maximum absolute atomic E-state index is 11.8. The predicted octanol–water partition coefficient (Wildman–Crippen LogP) is 3.02. The Balaban J connectivity index is 1.97. The van der Waals surface area contributed by atoms with Gasteiger partial charge in [-0.2, -0.15) is 5.10 Å². The molecule has 1 aliphatic carbocycles. The molecule has 0 radical (unpaired) electrons. The summed E-state index contributed by atoms with van der Waals surface area (Å²) in [5.41, 5.74) is 2.82. The topological polar surface area (TPSA) is 57.8 Å². The van der Waals surface area contributed by atoms with Gasteiger partial charge in [-0.1, -0.05) is 47.5 Å². The molecule has 0 amide bonds. The van der Waals surface area contributed by atoms with Gasteiger partial charge in [-0.15, -0.1) is 0 Å². The van der Waals surface area contributed by atoms with Crippen LogP contribution in [0.2, 0.25) is 0 Å². The Morgan fingerprint density at radius 3 is 2.82 bits per heavy atom. The summed E-state index contributed by atoms with van der Waals surface area (Å²) in [5.74, 6) is 0. The molecule has 1 aliphatic rings. The molecule has 112 valence electrons.